The number of carbonyl (C=O) groups excluding carboxylic acids is 1. The van der Waals surface area contributed by atoms with Crippen molar-refractivity contribution < 1.29 is 9.53 Å². The lowest BCUT2D eigenvalue weighted by Crippen LogP contribution is -2.35. The van der Waals surface area contributed by atoms with Crippen LogP contribution in [0.4, 0.5) is 0 Å². The molecule has 2 aromatic rings. The fourth-order valence-corrected chi connectivity index (χ4v) is 2.86. The van der Waals surface area contributed by atoms with Gasteiger partial charge in [0.1, 0.15) is 11.9 Å². The number of ether oxygens (including phenoxy) is 1. The van der Waals surface area contributed by atoms with Gasteiger partial charge in [0.2, 0.25) is 0 Å². The van der Waals surface area contributed by atoms with Gasteiger partial charge in [0.25, 0.3) is 0 Å². The summed E-state index contributed by atoms with van der Waals surface area (Å²) in [6.07, 6.45) is 2.17. The van der Waals surface area contributed by atoms with Crippen LogP contribution in [0, 0.1) is 6.92 Å². The summed E-state index contributed by atoms with van der Waals surface area (Å²) in [4.78, 5) is 24.4. The zero-order chi connectivity index (χ0) is 15.7. The highest BCUT2D eigenvalue weighted by molar-refractivity contribution is 5.74. The zero-order valence-electron chi connectivity index (χ0n) is 12.8. The van der Waals surface area contributed by atoms with E-state index in [1.54, 1.807) is 0 Å². The second-order valence-electron chi connectivity index (χ2n) is 5.64. The molecule has 1 aromatic heterocycles. The molecule has 1 aliphatic heterocycles. The lowest BCUT2D eigenvalue weighted by Gasteiger charge is -2.20. The lowest BCUT2D eigenvalue weighted by molar-refractivity contribution is -0.145. The Hall–Kier alpha value is -2.37. The molecule has 0 radical (unpaired) electrons. The highest BCUT2D eigenvalue weighted by atomic mass is 16.5. The van der Waals surface area contributed by atoms with Gasteiger partial charge in [0, 0.05) is 6.42 Å². The largest absolute Gasteiger partial charge is 0.467 e. The van der Waals surface area contributed by atoms with E-state index in [0.29, 0.717) is 25.2 Å². The van der Waals surface area contributed by atoms with Crippen molar-refractivity contribution in [3.8, 4) is 0 Å². The second kappa shape index (κ2) is 5.79. The Labute approximate surface area is 128 Å². The maximum Gasteiger partial charge on any atom is 0.347 e. The number of hydrogen-bond donors (Lipinski definition) is 0. The zero-order valence-corrected chi connectivity index (χ0v) is 12.8. The molecule has 0 amide bonds. The molecule has 1 atom stereocenters. The van der Waals surface area contributed by atoms with E-state index < -0.39 is 6.04 Å². The summed E-state index contributed by atoms with van der Waals surface area (Å²) in [7, 11) is 1.35. The fraction of sp³-hybridized carbons (Fsp3) is 0.438. The number of hydrogen-bond acceptors (Lipinski definition) is 4. The second-order valence-corrected chi connectivity index (χ2v) is 5.64. The smallest absolute Gasteiger partial charge is 0.347 e. The third kappa shape index (κ3) is 2.56. The van der Waals surface area contributed by atoms with Crippen LogP contribution in [-0.2, 0) is 22.5 Å². The monoisotopic (exact) mass is 301 g/mol. The van der Waals surface area contributed by atoms with Crippen molar-refractivity contribution in [2.24, 2.45) is 0 Å². The summed E-state index contributed by atoms with van der Waals surface area (Å²) in [6, 6.07) is 7.44. The average Bonchev–Trinajstić information content (AvgIpc) is 2.85. The first-order valence-electron chi connectivity index (χ1n) is 7.41. The van der Waals surface area contributed by atoms with Crippen molar-refractivity contribution in [2.75, 3.05) is 7.11 Å². The molecule has 1 aliphatic rings. The molecule has 0 N–H and O–H groups in total. The summed E-state index contributed by atoms with van der Waals surface area (Å²) in [5, 5.41) is 4.39. The SMILES string of the molecule is COC(=O)[C@@H]1CCCc2nn(Cc3ccc(C)cc3)c(=O)n21. The first kappa shape index (κ1) is 14.6. The summed E-state index contributed by atoms with van der Waals surface area (Å²) >= 11 is 0. The van der Waals surface area contributed by atoms with E-state index in [4.69, 9.17) is 4.74 Å². The molecule has 0 bridgehead atoms. The van der Waals surface area contributed by atoms with Crippen LogP contribution < -0.4 is 5.69 Å². The van der Waals surface area contributed by atoms with E-state index in [9.17, 15) is 9.59 Å². The molecule has 22 heavy (non-hydrogen) atoms. The molecule has 0 spiro atoms. The number of fused-ring (bicyclic) bond motifs is 1. The van der Waals surface area contributed by atoms with E-state index in [1.165, 1.54) is 21.9 Å². The first-order valence-corrected chi connectivity index (χ1v) is 7.41. The quantitative estimate of drug-likeness (QED) is 0.805. The van der Waals surface area contributed by atoms with E-state index in [0.717, 1.165) is 12.0 Å². The van der Waals surface area contributed by atoms with Crippen molar-refractivity contribution in [3.05, 3.63) is 51.7 Å². The molecule has 1 aromatic carbocycles. The minimum atomic E-state index is -0.548. The minimum Gasteiger partial charge on any atom is -0.467 e. The van der Waals surface area contributed by atoms with E-state index in [2.05, 4.69) is 5.10 Å². The Morgan fingerprint density at radius 3 is 2.77 bits per heavy atom. The van der Waals surface area contributed by atoms with Crippen LogP contribution in [0.2, 0.25) is 0 Å². The third-order valence-electron chi connectivity index (χ3n) is 4.06. The first-order chi connectivity index (χ1) is 10.6. The van der Waals surface area contributed by atoms with E-state index in [-0.39, 0.29) is 11.7 Å². The van der Waals surface area contributed by atoms with Crippen LogP contribution in [0.1, 0.15) is 35.8 Å². The van der Waals surface area contributed by atoms with Gasteiger partial charge < -0.3 is 4.74 Å². The number of carbonyl (C=O) groups is 1. The van der Waals surface area contributed by atoms with Crippen molar-refractivity contribution in [2.45, 2.75) is 38.8 Å². The van der Waals surface area contributed by atoms with Gasteiger partial charge in [-0.15, -0.1) is 0 Å². The Kier molecular flexibility index (Phi) is 3.83. The van der Waals surface area contributed by atoms with Crippen molar-refractivity contribution in [1.29, 1.82) is 0 Å². The Morgan fingerprint density at radius 1 is 1.36 bits per heavy atom. The van der Waals surface area contributed by atoms with Crippen molar-refractivity contribution in [3.63, 3.8) is 0 Å². The van der Waals surface area contributed by atoms with Crippen LogP contribution in [0.5, 0.6) is 0 Å². The molecule has 0 saturated carbocycles. The molecule has 6 heteroatoms. The minimum absolute atomic E-state index is 0.245. The molecule has 0 fully saturated rings. The van der Waals surface area contributed by atoms with Gasteiger partial charge in [-0.3, -0.25) is 4.57 Å². The molecule has 3 rings (SSSR count). The lowest BCUT2D eigenvalue weighted by atomic mass is 10.1. The third-order valence-corrected chi connectivity index (χ3v) is 4.06. The number of benzene rings is 1. The predicted molar refractivity (Wildman–Crippen MR) is 80.8 cm³/mol. The standard InChI is InChI=1S/C16H19N3O3/c1-11-6-8-12(9-7-11)10-18-16(21)19-13(15(20)22-2)4-3-5-14(19)17-18/h6-9,13H,3-5,10H2,1-2H3/t13-/m0/s1. The number of aromatic nitrogens is 3. The maximum atomic E-state index is 12.6. The van der Waals surface area contributed by atoms with Gasteiger partial charge in [0.15, 0.2) is 0 Å². The van der Waals surface area contributed by atoms with Crippen LogP contribution in [0.15, 0.2) is 29.1 Å². The van der Waals surface area contributed by atoms with E-state index in [1.807, 2.05) is 31.2 Å². The van der Waals surface area contributed by atoms with Crippen LogP contribution in [-0.4, -0.2) is 27.4 Å². The summed E-state index contributed by atoms with van der Waals surface area (Å²) in [6.45, 7) is 2.43. The number of aryl methyl sites for hydroxylation is 2. The molecule has 2 heterocycles. The molecular weight excluding hydrogens is 282 g/mol. The number of esters is 1. The van der Waals surface area contributed by atoms with E-state index >= 15 is 0 Å². The van der Waals surface area contributed by atoms with Crippen molar-refractivity contribution >= 4 is 5.97 Å². The summed E-state index contributed by atoms with van der Waals surface area (Å²) in [5.74, 6) is 0.289. The molecule has 116 valence electrons. The van der Waals surface area contributed by atoms with Crippen LogP contribution in [0.3, 0.4) is 0 Å². The van der Waals surface area contributed by atoms with Gasteiger partial charge in [-0.2, -0.15) is 5.10 Å². The Bertz CT molecular complexity index is 743. The van der Waals surface area contributed by atoms with Gasteiger partial charge in [0.05, 0.1) is 13.7 Å². The van der Waals surface area contributed by atoms with Crippen LogP contribution >= 0.6 is 0 Å². The van der Waals surface area contributed by atoms with Gasteiger partial charge in [-0.1, -0.05) is 29.8 Å². The van der Waals surface area contributed by atoms with Gasteiger partial charge >= 0.3 is 11.7 Å². The Balaban J connectivity index is 1.95. The topological polar surface area (TPSA) is 66.1 Å². The predicted octanol–water partition coefficient (Wildman–Crippen LogP) is 1.45. The normalized spacial score (nSPS) is 17.1. The number of nitrogens with zero attached hydrogens (tertiary/aromatic N) is 3. The molecule has 0 aliphatic carbocycles. The summed E-state index contributed by atoms with van der Waals surface area (Å²) < 4.78 is 7.73. The highest BCUT2D eigenvalue weighted by Gasteiger charge is 2.31. The molecule has 6 nitrogen and oxygen atoms in total. The Morgan fingerprint density at radius 2 is 2.09 bits per heavy atom. The summed E-state index contributed by atoms with van der Waals surface area (Å²) in [5.41, 5.74) is 1.94. The molecular formula is C16H19N3O3. The molecule has 0 saturated heterocycles. The highest BCUT2D eigenvalue weighted by Crippen LogP contribution is 2.22. The molecule has 0 unspecified atom stereocenters. The fourth-order valence-electron chi connectivity index (χ4n) is 2.86. The van der Waals surface area contributed by atoms with Crippen molar-refractivity contribution in [1.82, 2.24) is 14.3 Å². The van der Waals surface area contributed by atoms with Gasteiger partial charge in [-0.25, -0.2) is 14.3 Å². The number of methoxy groups -OCH3 is 1. The average molecular weight is 301 g/mol. The number of rotatable bonds is 3. The van der Waals surface area contributed by atoms with Crippen LogP contribution in [0.25, 0.3) is 0 Å². The maximum absolute atomic E-state index is 12.6. The van der Waals surface area contributed by atoms with Gasteiger partial charge in [-0.05, 0) is 25.3 Å².